The first-order valence-corrected chi connectivity index (χ1v) is 8.58. The van der Waals surface area contributed by atoms with Crippen LogP contribution in [-0.4, -0.2) is 27.7 Å². The predicted molar refractivity (Wildman–Crippen MR) is 82.5 cm³/mol. The molecule has 2 aromatic rings. The van der Waals surface area contributed by atoms with E-state index in [2.05, 4.69) is 0 Å². The van der Waals surface area contributed by atoms with Crippen molar-refractivity contribution in [3.63, 3.8) is 0 Å². The lowest BCUT2D eigenvalue weighted by Gasteiger charge is -2.36. The summed E-state index contributed by atoms with van der Waals surface area (Å²) < 4.78 is 72.3. The van der Waals surface area contributed by atoms with Gasteiger partial charge in [0.2, 0.25) is 5.82 Å². The van der Waals surface area contributed by atoms with Crippen molar-refractivity contribution in [2.45, 2.75) is 17.9 Å². The van der Waals surface area contributed by atoms with Crippen molar-refractivity contribution in [2.24, 2.45) is 0 Å². The fourth-order valence-electron chi connectivity index (χ4n) is 2.53. The van der Waals surface area contributed by atoms with Gasteiger partial charge in [-0.1, -0.05) is 17.7 Å². The molecule has 0 aromatic heterocycles. The summed E-state index contributed by atoms with van der Waals surface area (Å²) >= 11 is 0. The Balaban J connectivity index is 2.18. The van der Waals surface area contributed by atoms with E-state index in [9.17, 15) is 21.6 Å². The monoisotopic (exact) mass is 357 g/mol. The molecule has 1 heterocycles. The number of anilines is 1. The fraction of sp³-hybridized carbons (Fsp3) is 0.250. The number of nitrogens with zero attached hydrogens (tertiary/aromatic N) is 1. The highest BCUT2D eigenvalue weighted by atomic mass is 32.2. The molecule has 128 valence electrons. The molecule has 0 fully saturated rings. The molecule has 0 radical (unpaired) electrons. The number of sulfonamides is 1. The molecule has 4 nitrogen and oxygen atoms in total. The van der Waals surface area contributed by atoms with Gasteiger partial charge in [0, 0.05) is 0 Å². The van der Waals surface area contributed by atoms with Crippen LogP contribution in [0.15, 0.2) is 41.3 Å². The first-order chi connectivity index (χ1) is 11.4. The van der Waals surface area contributed by atoms with Gasteiger partial charge in [0.15, 0.2) is 11.6 Å². The Morgan fingerprint density at radius 2 is 1.83 bits per heavy atom. The van der Waals surface area contributed by atoms with Gasteiger partial charge in [-0.05, 0) is 31.2 Å². The molecule has 1 atom stereocenters. The molecule has 0 saturated heterocycles. The van der Waals surface area contributed by atoms with Crippen LogP contribution in [-0.2, 0) is 10.0 Å². The summed E-state index contributed by atoms with van der Waals surface area (Å²) in [5, 5.41) is 0. The molecular weight excluding hydrogens is 343 g/mol. The van der Waals surface area contributed by atoms with Gasteiger partial charge >= 0.3 is 0 Å². The number of aryl methyl sites for hydroxylation is 1. The van der Waals surface area contributed by atoms with Crippen LogP contribution in [0.4, 0.5) is 18.9 Å². The maximum absolute atomic E-state index is 13.9. The van der Waals surface area contributed by atoms with Gasteiger partial charge in [0.05, 0.1) is 10.6 Å². The summed E-state index contributed by atoms with van der Waals surface area (Å²) in [6, 6.07) is 6.67. The van der Waals surface area contributed by atoms with Crippen LogP contribution < -0.4 is 9.04 Å². The number of benzene rings is 2. The van der Waals surface area contributed by atoms with Crippen LogP contribution >= 0.6 is 0 Å². The molecule has 3 rings (SSSR count). The fourth-order valence-corrected chi connectivity index (χ4v) is 4.15. The minimum Gasteiger partial charge on any atom is -0.486 e. The standard InChI is InChI=1S/C16H14F3NO3S/c1-10-2-4-12(5-3-10)24(21,22)20-11(8-17)9-23-16-14(20)7-6-13(18)15(16)19/h2-7,11H,8-9H2,1H3/t11-/m1/s1. The summed E-state index contributed by atoms with van der Waals surface area (Å²) in [5.74, 6) is -3.00. The molecule has 24 heavy (non-hydrogen) atoms. The topological polar surface area (TPSA) is 46.6 Å². The summed E-state index contributed by atoms with van der Waals surface area (Å²) in [6.07, 6.45) is 0. The number of fused-ring (bicyclic) bond motifs is 1. The Bertz CT molecular complexity index is 869. The molecule has 1 aliphatic heterocycles. The normalized spacial score (nSPS) is 17.3. The highest BCUT2D eigenvalue weighted by Crippen LogP contribution is 2.40. The molecule has 0 aliphatic carbocycles. The molecule has 8 heteroatoms. The van der Waals surface area contributed by atoms with Crippen LogP contribution in [0, 0.1) is 18.6 Å². The molecule has 0 N–H and O–H groups in total. The number of hydrogen-bond donors (Lipinski definition) is 0. The summed E-state index contributed by atoms with van der Waals surface area (Å²) in [5.41, 5.74) is 0.634. The second-order valence-electron chi connectivity index (χ2n) is 5.44. The largest absolute Gasteiger partial charge is 0.486 e. The second kappa shape index (κ2) is 6.01. The van der Waals surface area contributed by atoms with E-state index in [0.29, 0.717) is 0 Å². The van der Waals surface area contributed by atoms with Gasteiger partial charge in [0.1, 0.15) is 19.3 Å². The molecule has 1 aliphatic rings. The van der Waals surface area contributed by atoms with Crippen LogP contribution in [0.3, 0.4) is 0 Å². The van der Waals surface area contributed by atoms with Crippen molar-refractivity contribution in [1.82, 2.24) is 0 Å². The van der Waals surface area contributed by atoms with Gasteiger partial charge in [0.25, 0.3) is 10.0 Å². The number of rotatable bonds is 3. The van der Waals surface area contributed by atoms with Crippen LogP contribution in [0.2, 0.25) is 0 Å². The van der Waals surface area contributed by atoms with E-state index in [1.807, 2.05) is 0 Å². The van der Waals surface area contributed by atoms with E-state index in [-0.39, 0.29) is 10.6 Å². The number of halogens is 3. The molecule has 0 saturated carbocycles. The van der Waals surface area contributed by atoms with Crippen molar-refractivity contribution in [3.05, 3.63) is 53.6 Å². The van der Waals surface area contributed by atoms with Gasteiger partial charge in [-0.2, -0.15) is 4.39 Å². The van der Waals surface area contributed by atoms with E-state index in [0.717, 1.165) is 22.0 Å². The van der Waals surface area contributed by atoms with E-state index in [1.165, 1.54) is 12.1 Å². The average Bonchev–Trinajstić information content (AvgIpc) is 2.57. The van der Waals surface area contributed by atoms with Crippen molar-refractivity contribution >= 4 is 15.7 Å². The van der Waals surface area contributed by atoms with Crippen LogP contribution in [0.1, 0.15) is 5.56 Å². The summed E-state index contributed by atoms with van der Waals surface area (Å²) in [6.45, 7) is 0.363. The Kier molecular flexibility index (Phi) is 4.16. The van der Waals surface area contributed by atoms with E-state index in [1.54, 1.807) is 19.1 Å². The Morgan fingerprint density at radius 1 is 1.17 bits per heavy atom. The SMILES string of the molecule is Cc1ccc(S(=O)(=O)N2c3ccc(F)c(F)c3OC[C@H]2CF)cc1. The van der Waals surface area contributed by atoms with Gasteiger partial charge in [-0.3, -0.25) is 4.31 Å². The molecule has 0 amide bonds. The average molecular weight is 357 g/mol. The van der Waals surface area contributed by atoms with Gasteiger partial charge < -0.3 is 4.74 Å². The Labute approximate surface area is 137 Å². The third kappa shape index (κ3) is 2.60. The number of alkyl halides is 1. The van der Waals surface area contributed by atoms with E-state index in [4.69, 9.17) is 4.74 Å². The Morgan fingerprint density at radius 3 is 2.46 bits per heavy atom. The first kappa shape index (κ1) is 16.6. The lowest BCUT2D eigenvalue weighted by atomic mass is 10.2. The van der Waals surface area contributed by atoms with Crippen molar-refractivity contribution in [2.75, 3.05) is 17.6 Å². The van der Waals surface area contributed by atoms with Crippen LogP contribution in [0.25, 0.3) is 0 Å². The molecular formula is C16H14F3NO3S. The zero-order valence-corrected chi connectivity index (χ0v) is 13.5. The Hall–Kier alpha value is -2.22. The van der Waals surface area contributed by atoms with E-state index < -0.39 is 46.7 Å². The lowest BCUT2D eigenvalue weighted by molar-refractivity contribution is 0.235. The zero-order chi connectivity index (χ0) is 17.5. The van der Waals surface area contributed by atoms with Crippen molar-refractivity contribution in [1.29, 1.82) is 0 Å². The molecule has 0 unspecified atom stereocenters. The van der Waals surface area contributed by atoms with Gasteiger partial charge in [-0.15, -0.1) is 0 Å². The third-order valence-corrected chi connectivity index (χ3v) is 5.65. The molecule has 2 aromatic carbocycles. The number of hydrogen-bond acceptors (Lipinski definition) is 3. The maximum atomic E-state index is 13.9. The highest BCUT2D eigenvalue weighted by molar-refractivity contribution is 7.92. The van der Waals surface area contributed by atoms with Crippen LogP contribution in [0.5, 0.6) is 5.75 Å². The summed E-state index contributed by atoms with van der Waals surface area (Å²) in [4.78, 5) is -0.0656. The predicted octanol–water partition coefficient (Wildman–Crippen LogP) is 3.20. The lowest BCUT2D eigenvalue weighted by Crippen LogP contribution is -2.48. The molecule has 0 spiro atoms. The minimum absolute atomic E-state index is 0.0656. The minimum atomic E-state index is -4.16. The zero-order valence-electron chi connectivity index (χ0n) is 12.7. The summed E-state index contributed by atoms with van der Waals surface area (Å²) in [7, 11) is -4.16. The van der Waals surface area contributed by atoms with Gasteiger partial charge in [-0.25, -0.2) is 17.2 Å². The van der Waals surface area contributed by atoms with Crippen molar-refractivity contribution < 1.29 is 26.3 Å². The van der Waals surface area contributed by atoms with E-state index >= 15 is 0 Å². The van der Waals surface area contributed by atoms with Crippen molar-refractivity contribution in [3.8, 4) is 5.75 Å². The smallest absolute Gasteiger partial charge is 0.264 e. The second-order valence-corrected chi connectivity index (χ2v) is 7.26. The third-order valence-electron chi connectivity index (χ3n) is 3.77. The highest BCUT2D eigenvalue weighted by Gasteiger charge is 2.39. The molecule has 0 bridgehead atoms. The number of ether oxygens (including phenoxy) is 1. The maximum Gasteiger partial charge on any atom is 0.264 e. The quantitative estimate of drug-likeness (QED) is 0.848. The first-order valence-electron chi connectivity index (χ1n) is 7.14.